The van der Waals surface area contributed by atoms with Crippen molar-refractivity contribution in [1.82, 2.24) is 14.7 Å². The average Bonchev–Trinajstić information content (AvgIpc) is 2.91. The summed E-state index contributed by atoms with van der Waals surface area (Å²) in [7, 11) is 0. The second-order valence-electron chi connectivity index (χ2n) is 8.89. The van der Waals surface area contributed by atoms with Crippen LogP contribution in [-0.4, -0.2) is 22.5 Å². The van der Waals surface area contributed by atoms with Crippen molar-refractivity contribution >= 4 is 5.65 Å². The van der Waals surface area contributed by atoms with E-state index in [1.165, 1.54) is 24.9 Å². The molecule has 23 heavy (non-hydrogen) atoms. The van der Waals surface area contributed by atoms with Crippen molar-refractivity contribution in [2.24, 2.45) is 11.3 Å². The van der Waals surface area contributed by atoms with Gasteiger partial charge >= 0.3 is 0 Å². The van der Waals surface area contributed by atoms with Crippen LogP contribution in [0.1, 0.15) is 58.7 Å². The number of fused-ring (bicyclic) bond motifs is 1. The van der Waals surface area contributed by atoms with Crippen LogP contribution in [0.4, 0.5) is 0 Å². The summed E-state index contributed by atoms with van der Waals surface area (Å²) in [6.07, 6.45) is 8.10. The Morgan fingerprint density at radius 3 is 2.70 bits per heavy atom. The molecule has 0 aliphatic carbocycles. The van der Waals surface area contributed by atoms with Gasteiger partial charge in [0.15, 0.2) is 0 Å². The van der Waals surface area contributed by atoms with Crippen LogP contribution < -0.4 is 5.32 Å². The highest BCUT2D eigenvalue weighted by atomic mass is 15.0. The zero-order chi connectivity index (χ0) is 16.7. The summed E-state index contributed by atoms with van der Waals surface area (Å²) in [5, 5.41) is 3.56. The van der Waals surface area contributed by atoms with Crippen LogP contribution in [0.2, 0.25) is 0 Å². The quantitative estimate of drug-likeness (QED) is 0.920. The summed E-state index contributed by atoms with van der Waals surface area (Å²) in [6.45, 7) is 13.8. The zero-order valence-corrected chi connectivity index (χ0v) is 15.3. The number of piperidine rings is 1. The molecular formula is C20H31N3. The maximum Gasteiger partial charge on any atom is 0.137 e. The fourth-order valence-electron chi connectivity index (χ4n) is 3.68. The van der Waals surface area contributed by atoms with Gasteiger partial charge in [-0.25, -0.2) is 4.98 Å². The van der Waals surface area contributed by atoms with Crippen LogP contribution in [0.3, 0.4) is 0 Å². The van der Waals surface area contributed by atoms with Crippen molar-refractivity contribution in [2.75, 3.05) is 13.1 Å². The van der Waals surface area contributed by atoms with Crippen LogP contribution in [-0.2, 0) is 11.8 Å². The highest BCUT2D eigenvalue weighted by Gasteiger charge is 2.30. The molecule has 0 saturated carbocycles. The van der Waals surface area contributed by atoms with Gasteiger partial charge < -0.3 is 9.72 Å². The van der Waals surface area contributed by atoms with Crippen LogP contribution in [0.25, 0.3) is 5.65 Å². The third-order valence-electron chi connectivity index (χ3n) is 5.35. The SMILES string of the molecule is CC(C)(C)c1cn2ccc(CC(C)(C)C3CCCNC3)cc2n1. The molecule has 1 N–H and O–H groups in total. The van der Waals surface area contributed by atoms with Gasteiger partial charge in [-0.1, -0.05) is 34.6 Å². The summed E-state index contributed by atoms with van der Waals surface area (Å²) in [5.41, 5.74) is 4.05. The molecule has 1 unspecified atom stereocenters. The number of nitrogens with zero attached hydrogens (tertiary/aromatic N) is 2. The third-order valence-corrected chi connectivity index (χ3v) is 5.35. The molecule has 3 heterocycles. The fourth-order valence-corrected chi connectivity index (χ4v) is 3.68. The first kappa shape index (κ1) is 16.5. The molecule has 0 amide bonds. The number of hydrogen-bond donors (Lipinski definition) is 1. The summed E-state index contributed by atoms with van der Waals surface area (Å²) in [4.78, 5) is 4.84. The van der Waals surface area contributed by atoms with E-state index in [1.54, 1.807) is 0 Å². The van der Waals surface area contributed by atoms with E-state index in [-0.39, 0.29) is 5.41 Å². The predicted octanol–water partition coefficient (Wildman–Crippen LogP) is 4.20. The summed E-state index contributed by atoms with van der Waals surface area (Å²) in [5.74, 6) is 0.761. The zero-order valence-electron chi connectivity index (χ0n) is 15.3. The first-order valence-corrected chi connectivity index (χ1v) is 8.94. The van der Waals surface area contributed by atoms with Gasteiger partial charge in [0.05, 0.1) is 5.69 Å². The lowest BCUT2D eigenvalue weighted by molar-refractivity contribution is 0.170. The van der Waals surface area contributed by atoms with Gasteiger partial charge in [0.2, 0.25) is 0 Å². The van der Waals surface area contributed by atoms with Gasteiger partial charge in [0.25, 0.3) is 0 Å². The first-order chi connectivity index (χ1) is 10.8. The van der Waals surface area contributed by atoms with E-state index in [4.69, 9.17) is 4.98 Å². The van der Waals surface area contributed by atoms with Gasteiger partial charge in [-0.2, -0.15) is 0 Å². The maximum absolute atomic E-state index is 4.84. The second kappa shape index (κ2) is 5.94. The Morgan fingerprint density at radius 1 is 1.26 bits per heavy atom. The van der Waals surface area contributed by atoms with E-state index in [0.717, 1.165) is 30.2 Å². The van der Waals surface area contributed by atoms with Gasteiger partial charge in [-0.05, 0) is 61.4 Å². The highest BCUT2D eigenvalue weighted by Crippen LogP contribution is 2.35. The molecule has 2 aromatic rings. The van der Waals surface area contributed by atoms with Crippen LogP contribution >= 0.6 is 0 Å². The minimum Gasteiger partial charge on any atom is -0.316 e. The van der Waals surface area contributed by atoms with Gasteiger partial charge in [-0.15, -0.1) is 0 Å². The Morgan fingerprint density at radius 2 is 2.04 bits per heavy atom. The molecule has 126 valence electrons. The van der Waals surface area contributed by atoms with Crippen LogP contribution in [0.5, 0.6) is 0 Å². The lowest BCUT2D eigenvalue weighted by Gasteiger charge is -2.37. The van der Waals surface area contributed by atoms with Crippen molar-refractivity contribution in [3.8, 4) is 0 Å². The molecule has 0 aromatic carbocycles. The van der Waals surface area contributed by atoms with E-state index in [2.05, 4.69) is 68.9 Å². The van der Waals surface area contributed by atoms with E-state index in [0.29, 0.717) is 5.41 Å². The Balaban J connectivity index is 1.82. The molecular weight excluding hydrogens is 282 g/mol. The fraction of sp³-hybridized carbons (Fsp3) is 0.650. The van der Waals surface area contributed by atoms with Crippen molar-refractivity contribution in [3.63, 3.8) is 0 Å². The molecule has 0 spiro atoms. The largest absolute Gasteiger partial charge is 0.316 e. The minimum atomic E-state index is 0.0964. The molecule has 2 aromatic heterocycles. The predicted molar refractivity (Wildman–Crippen MR) is 97.0 cm³/mol. The van der Waals surface area contributed by atoms with Crippen LogP contribution in [0, 0.1) is 11.3 Å². The number of imidazole rings is 1. The monoisotopic (exact) mass is 313 g/mol. The van der Waals surface area contributed by atoms with Gasteiger partial charge in [-0.3, -0.25) is 0 Å². The first-order valence-electron chi connectivity index (χ1n) is 8.94. The van der Waals surface area contributed by atoms with E-state index in [1.807, 2.05) is 0 Å². The topological polar surface area (TPSA) is 29.3 Å². The maximum atomic E-state index is 4.84. The molecule has 1 fully saturated rings. The molecule has 1 aliphatic heterocycles. The molecule has 0 radical (unpaired) electrons. The van der Waals surface area contributed by atoms with E-state index < -0.39 is 0 Å². The molecule has 3 rings (SSSR count). The lowest BCUT2D eigenvalue weighted by Crippen LogP contribution is -2.39. The average molecular weight is 313 g/mol. The van der Waals surface area contributed by atoms with E-state index >= 15 is 0 Å². The Bertz CT molecular complexity index is 670. The van der Waals surface area contributed by atoms with Gasteiger partial charge in [0, 0.05) is 17.8 Å². The molecule has 0 bridgehead atoms. The number of aromatic nitrogens is 2. The van der Waals surface area contributed by atoms with Crippen molar-refractivity contribution in [2.45, 2.75) is 59.3 Å². The normalized spacial score (nSPS) is 20.1. The number of hydrogen-bond acceptors (Lipinski definition) is 2. The van der Waals surface area contributed by atoms with Crippen molar-refractivity contribution < 1.29 is 0 Å². The summed E-state index contributed by atoms with van der Waals surface area (Å²) >= 11 is 0. The smallest absolute Gasteiger partial charge is 0.137 e. The lowest BCUT2D eigenvalue weighted by atomic mass is 9.71. The third kappa shape index (κ3) is 3.60. The van der Waals surface area contributed by atoms with Gasteiger partial charge in [0.1, 0.15) is 5.65 Å². The number of nitrogens with one attached hydrogen (secondary N) is 1. The number of pyridine rings is 1. The summed E-state index contributed by atoms with van der Waals surface area (Å²) < 4.78 is 2.15. The minimum absolute atomic E-state index is 0.0964. The molecule has 1 saturated heterocycles. The van der Waals surface area contributed by atoms with Crippen LogP contribution in [0.15, 0.2) is 24.5 Å². The van der Waals surface area contributed by atoms with E-state index in [9.17, 15) is 0 Å². The Labute approximate surface area is 140 Å². The molecule has 1 atom stereocenters. The Kier molecular flexibility index (Phi) is 4.26. The molecule has 1 aliphatic rings. The standard InChI is InChI=1S/C20H31N3/c1-19(2,3)17-14-23-10-8-15(11-18(23)22-17)12-20(4,5)16-7-6-9-21-13-16/h8,10-11,14,16,21H,6-7,9,12-13H2,1-5H3. The highest BCUT2D eigenvalue weighted by molar-refractivity contribution is 5.44. The second-order valence-corrected chi connectivity index (χ2v) is 8.89. The summed E-state index contributed by atoms with van der Waals surface area (Å²) in [6, 6.07) is 4.53. The number of rotatable bonds is 3. The van der Waals surface area contributed by atoms with Crippen molar-refractivity contribution in [3.05, 3.63) is 35.8 Å². The Hall–Kier alpha value is -1.35. The molecule has 3 heteroatoms. The molecule has 3 nitrogen and oxygen atoms in total. The van der Waals surface area contributed by atoms with Crippen molar-refractivity contribution in [1.29, 1.82) is 0 Å².